The van der Waals surface area contributed by atoms with Crippen LogP contribution in [0.5, 0.6) is 0 Å². The molecular formula is C19H23N3O4. The molecule has 138 valence electrons. The number of anilines is 1. The lowest BCUT2D eigenvalue weighted by molar-refractivity contribution is -0.143. The number of carbonyl (C=O) groups excluding carboxylic acids is 1. The Kier molecular flexibility index (Phi) is 4.30. The van der Waals surface area contributed by atoms with E-state index in [1.165, 1.54) is 0 Å². The molecule has 1 N–H and O–H groups in total. The van der Waals surface area contributed by atoms with E-state index in [0.29, 0.717) is 32.1 Å². The van der Waals surface area contributed by atoms with Crippen LogP contribution in [0.25, 0.3) is 11.1 Å². The van der Waals surface area contributed by atoms with Gasteiger partial charge in [0.05, 0.1) is 5.92 Å². The zero-order valence-electron chi connectivity index (χ0n) is 14.8. The Labute approximate surface area is 151 Å². The quantitative estimate of drug-likeness (QED) is 0.907. The fourth-order valence-corrected chi connectivity index (χ4v) is 4.13. The van der Waals surface area contributed by atoms with Gasteiger partial charge >= 0.3 is 5.97 Å². The van der Waals surface area contributed by atoms with Crippen LogP contribution in [0.15, 0.2) is 28.7 Å². The summed E-state index contributed by atoms with van der Waals surface area (Å²) in [5.74, 6) is -1.21. The minimum Gasteiger partial charge on any atom is -0.481 e. The number of amides is 1. The molecule has 7 nitrogen and oxygen atoms in total. The minimum absolute atomic E-state index is 0.0503. The van der Waals surface area contributed by atoms with Crippen molar-refractivity contribution in [2.75, 3.05) is 24.5 Å². The summed E-state index contributed by atoms with van der Waals surface area (Å²) in [6.07, 6.45) is 2.01. The summed E-state index contributed by atoms with van der Waals surface area (Å²) >= 11 is 0. The SMILES string of the molecule is CC1C(C(=O)O)CCN1C(=O)C1CCN(c2nc3ccccc3o2)CC1. The van der Waals surface area contributed by atoms with Crippen molar-refractivity contribution in [3.8, 4) is 0 Å². The number of rotatable bonds is 3. The van der Waals surface area contributed by atoms with Crippen LogP contribution in [0, 0.1) is 11.8 Å². The second-order valence-corrected chi connectivity index (χ2v) is 7.23. The molecule has 2 unspecified atom stereocenters. The monoisotopic (exact) mass is 357 g/mol. The maximum Gasteiger partial charge on any atom is 0.308 e. The van der Waals surface area contributed by atoms with Crippen LogP contribution in [0.4, 0.5) is 6.01 Å². The lowest BCUT2D eigenvalue weighted by Crippen LogP contribution is -2.45. The smallest absolute Gasteiger partial charge is 0.308 e. The number of piperidine rings is 1. The summed E-state index contributed by atoms with van der Waals surface area (Å²) < 4.78 is 5.81. The number of benzene rings is 1. The molecule has 2 fully saturated rings. The molecule has 4 rings (SSSR count). The van der Waals surface area contributed by atoms with Crippen LogP contribution in [0.3, 0.4) is 0 Å². The Morgan fingerprint density at radius 1 is 1.15 bits per heavy atom. The van der Waals surface area contributed by atoms with Crippen molar-refractivity contribution in [1.82, 2.24) is 9.88 Å². The molecule has 1 amide bonds. The van der Waals surface area contributed by atoms with E-state index in [2.05, 4.69) is 9.88 Å². The van der Waals surface area contributed by atoms with E-state index in [1.54, 1.807) is 4.90 Å². The maximum absolute atomic E-state index is 12.8. The molecule has 7 heteroatoms. The van der Waals surface area contributed by atoms with Gasteiger partial charge in [-0.25, -0.2) is 0 Å². The predicted octanol–water partition coefficient (Wildman–Crippen LogP) is 2.37. The van der Waals surface area contributed by atoms with Gasteiger partial charge in [0, 0.05) is 31.6 Å². The number of para-hydroxylation sites is 2. The molecule has 26 heavy (non-hydrogen) atoms. The van der Waals surface area contributed by atoms with Gasteiger partial charge in [-0.15, -0.1) is 0 Å². The van der Waals surface area contributed by atoms with Crippen molar-refractivity contribution < 1.29 is 19.1 Å². The molecule has 2 saturated heterocycles. The van der Waals surface area contributed by atoms with Crippen LogP contribution in [0.2, 0.25) is 0 Å². The first kappa shape index (κ1) is 16.9. The summed E-state index contributed by atoms with van der Waals surface area (Å²) in [5.41, 5.74) is 1.61. The van der Waals surface area contributed by atoms with Gasteiger partial charge in [0.15, 0.2) is 5.58 Å². The molecule has 0 bridgehead atoms. The van der Waals surface area contributed by atoms with Crippen LogP contribution >= 0.6 is 0 Å². The highest BCUT2D eigenvalue weighted by Crippen LogP contribution is 2.30. The summed E-state index contributed by atoms with van der Waals surface area (Å²) in [4.78, 5) is 32.5. The molecule has 0 aliphatic carbocycles. The first-order valence-corrected chi connectivity index (χ1v) is 9.18. The number of hydrogen-bond donors (Lipinski definition) is 1. The summed E-state index contributed by atoms with van der Waals surface area (Å²) in [6, 6.07) is 8.06. The Morgan fingerprint density at radius 2 is 1.88 bits per heavy atom. The van der Waals surface area contributed by atoms with Gasteiger partial charge in [-0.3, -0.25) is 9.59 Å². The Hall–Kier alpha value is -2.57. The Bertz CT molecular complexity index is 792. The van der Waals surface area contributed by atoms with E-state index >= 15 is 0 Å². The fraction of sp³-hybridized carbons (Fsp3) is 0.526. The molecule has 2 aliphatic rings. The zero-order chi connectivity index (χ0) is 18.3. The predicted molar refractivity (Wildman–Crippen MR) is 95.9 cm³/mol. The van der Waals surface area contributed by atoms with E-state index in [-0.39, 0.29) is 17.9 Å². The van der Waals surface area contributed by atoms with Gasteiger partial charge in [0.25, 0.3) is 6.01 Å². The third-order valence-electron chi connectivity index (χ3n) is 5.75. The van der Waals surface area contributed by atoms with Crippen LogP contribution in [0.1, 0.15) is 26.2 Å². The average molecular weight is 357 g/mol. The van der Waals surface area contributed by atoms with E-state index in [4.69, 9.17) is 4.42 Å². The number of fused-ring (bicyclic) bond motifs is 1. The summed E-state index contributed by atoms with van der Waals surface area (Å²) in [6.45, 7) is 3.82. The summed E-state index contributed by atoms with van der Waals surface area (Å²) in [7, 11) is 0. The molecule has 1 aromatic carbocycles. The van der Waals surface area contributed by atoms with Crippen molar-refractivity contribution in [3.05, 3.63) is 24.3 Å². The highest BCUT2D eigenvalue weighted by molar-refractivity contribution is 5.82. The van der Waals surface area contributed by atoms with Crippen molar-refractivity contribution in [3.63, 3.8) is 0 Å². The number of nitrogens with zero attached hydrogens (tertiary/aromatic N) is 3. The van der Waals surface area contributed by atoms with Crippen LogP contribution < -0.4 is 4.90 Å². The molecule has 0 spiro atoms. The van der Waals surface area contributed by atoms with Crippen molar-refractivity contribution in [1.29, 1.82) is 0 Å². The second-order valence-electron chi connectivity index (χ2n) is 7.23. The van der Waals surface area contributed by atoms with Gasteiger partial charge in [-0.1, -0.05) is 12.1 Å². The van der Waals surface area contributed by atoms with Crippen molar-refractivity contribution in [2.24, 2.45) is 11.8 Å². The largest absolute Gasteiger partial charge is 0.481 e. The molecule has 2 atom stereocenters. The van der Waals surface area contributed by atoms with Gasteiger partial charge in [0.2, 0.25) is 5.91 Å². The third kappa shape index (κ3) is 2.91. The first-order chi connectivity index (χ1) is 12.5. The molecule has 2 aliphatic heterocycles. The normalized spacial score (nSPS) is 24.3. The van der Waals surface area contributed by atoms with Crippen LogP contribution in [-0.4, -0.2) is 52.5 Å². The zero-order valence-corrected chi connectivity index (χ0v) is 14.8. The highest BCUT2D eigenvalue weighted by atomic mass is 16.4. The number of carbonyl (C=O) groups is 2. The van der Waals surface area contributed by atoms with Gasteiger partial charge in [-0.2, -0.15) is 4.98 Å². The number of carboxylic acid groups (broad SMARTS) is 1. The van der Waals surface area contributed by atoms with Gasteiger partial charge in [0.1, 0.15) is 5.52 Å². The summed E-state index contributed by atoms with van der Waals surface area (Å²) in [5, 5.41) is 9.25. The number of aromatic nitrogens is 1. The van der Waals surface area contributed by atoms with Crippen LogP contribution in [-0.2, 0) is 9.59 Å². The Morgan fingerprint density at radius 3 is 2.54 bits per heavy atom. The lowest BCUT2D eigenvalue weighted by atomic mass is 9.94. The number of oxazole rings is 1. The van der Waals surface area contributed by atoms with Gasteiger partial charge < -0.3 is 19.3 Å². The fourth-order valence-electron chi connectivity index (χ4n) is 4.13. The molecule has 2 aromatic rings. The van der Waals surface area contributed by atoms with Gasteiger partial charge in [-0.05, 0) is 38.3 Å². The highest BCUT2D eigenvalue weighted by Gasteiger charge is 2.40. The van der Waals surface area contributed by atoms with E-state index in [0.717, 1.165) is 23.9 Å². The van der Waals surface area contributed by atoms with E-state index < -0.39 is 11.9 Å². The van der Waals surface area contributed by atoms with Crippen molar-refractivity contribution >= 4 is 29.0 Å². The molecule has 3 heterocycles. The number of likely N-dealkylation sites (tertiary alicyclic amines) is 1. The topological polar surface area (TPSA) is 86.9 Å². The molecule has 0 saturated carbocycles. The number of carboxylic acids is 1. The lowest BCUT2D eigenvalue weighted by Gasteiger charge is -2.33. The standard InChI is InChI=1S/C19H23N3O4/c1-12-14(18(24)25)8-11-22(12)17(23)13-6-9-21(10-7-13)19-20-15-4-2-3-5-16(15)26-19/h2-5,12-14H,6-11H2,1H3,(H,24,25). The molecular weight excluding hydrogens is 334 g/mol. The second kappa shape index (κ2) is 6.63. The first-order valence-electron chi connectivity index (χ1n) is 9.18. The molecule has 0 radical (unpaired) electrons. The number of hydrogen-bond acceptors (Lipinski definition) is 5. The van der Waals surface area contributed by atoms with Crippen molar-refractivity contribution in [2.45, 2.75) is 32.2 Å². The molecule has 1 aromatic heterocycles. The van der Waals surface area contributed by atoms with E-state index in [1.807, 2.05) is 31.2 Å². The minimum atomic E-state index is -0.807. The van der Waals surface area contributed by atoms with E-state index in [9.17, 15) is 14.7 Å². The number of aliphatic carboxylic acids is 1. The third-order valence-corrected chi connectivity index (χ3v) is 5.75. The Balaban J connectivity index is 1.39. The average Bonchev–Trinajstić information content (AvgIpc) is 3.24. The maximum atomic E-state index is 12.8.